The monoisotopic (exact) mass is 690 g/mol. The van der Waals surface area contributed by atoms with Crippen LogP contribution in [0.1, 0.15) is 12.0 Å². The summed E-state index contributed by atoms with van der Waals surface area (Å²) in [6, 6.07) is 4.17. The third kappa shape index (κ3) is 5.97. The average molecular weight is 690 g/mol. The first-order valence-electron chi connectivity index (χ1n) is 11.0. The molecule has 0 bridgehead atoms. The number of nitrogens with two attached hydrogens (primary N) is 1. The molecule has 0 saturated carbocycles. The highest BCUT2D eigenvalue weighted by molar-refractivity contribution is 5.70. The van der Waals surface area contributed by atoms with Crippen molar-refractivity contribution < 1.29 is 92.9 Å². The predicted octanol–water partition coefficient (Wildman–Crippen LogP) is 7.59. The Morgan fingerprint density at radius 1 is 0.682 bits per heavy atom. The summed E-state index contributed by atoms with van der Waals surface area (Å²) in [5, 5.41) is 0. The lowest BCUT2D eigenvalue weighted by Crippen LogP contribution is -2.76. The van der Waals surface area contributed by atoms with Gasteiger partial charge in [-0.25, -0.2) is 0 Å². The molecule has 0 radical (unpaired) electrons. The second-order valence-electron chi connectivity index (χ2n) is 9.10. The van der Waals surface area contributed by atoms with Crippen LogP contribution in [0.3, 0.4) is 0 Å². The fourth-order valence-electron chi connectivity index (χ4n) is 3.01. The van der Waals surface area contributed by atoms with Gasteiger partial charge in [0.2, 0.25) is 0 Å². The number of hydrogen-bond acceptors (Lipinski definition) is 4. The molecule has 1 aromatic carbocycles. The maximum absolute atomic E-state index is 13.9. The minimum Gasteiger partial charge on any atom is -0.459 e. The molecule has 23 heteroatoms. The summed E-state index contributed by atoms with van der Waals surface area (Å²) >= 11 is 0. The topological polar surface area (TPSA) is 55.6 Å². The van der Waals surface area contributed by atoms with E-state index in [0.717, 1.165) is 0 Å². The number of hydrogen-bond donors (Lipinski definition) is 1. The molecule has 0 aliphatic heterocycles. The SMILES string of the molecule is Cc1cc(N(C)CCC(=O)OCC(F)(F)C(F)(F)C(F)(F)C(F)(F)C(F)(F)C(F)(F)C(F)(F)C(F)(F)C(F)(F)F)ccc1N. The zero-order valence-electron chi connectivity index (χ0n) is 21.4. The normalized spacial score (nSPS) is 14.9. The van der Waals surface area contributed by atoms with Crippen LogP contribution in [-0.2, 0) is 9.53 Å². The van der Waals surface area contributed by atoms with Crippen molar-refractivity contribution in [3.8, 4) is 0 Å². The van der Waals surface area contributed by atoms with E-state index >= 15 is 0 Å². The molecular weight excluding hydrogens is 673 g/mol. The lowest BCUT2D eigenvalue weighted by Gasteiger charge is -2.43. The van der Waals surface area contributed by atoms with Gasteiger partial charge in [-0.15, -0.1) is 0 Å². The lowest BCUT2D eigenvalue weighted by molar-refractivity contribution is -0.469. The fourth-order valence-corrected chi connectivity index (χ4v) is 3.01. The van der Waals surface area contributed by atoms with Gasteiger partial charge >= 0.3 is 59.5 Å². The van der Waals surface area contributed by atoms with E-state index in [-0.39, 0.29) is 0 Å². The quantitative estimate of drug-likeness (QED) is 0.132. The summed E-state index contributed by atoms with van der Waals surface area (Å²) < 4.78 is 257. The van der Waals surface area contributed by atoms with E-state index in [1.807, 2.05) is 0 Å². The molecule has 1 rings (SSSR count). The van der Waals surface area contributed by atoms with E-state index < -0.39 is 79.1 Å². The van der Waals surface area contributed by atoms with Crippen LogP contribution in [0.5, 0.6) is 0 Å². The van der Waals surface area contributed by atoms with Gasteiger partial charge in [0.05, 0.1) is 6.42 Å². The standard InChI is InChI=1S/C21H17F19N2O2/c1-9-7-10(3-4-11(9)41)42(2)6-5-12(43)44-8-13(22,23)14(24,25)15(26,27)16(28,29)17(30,31)18(32,33)19(34,35)20(36,37)21(38,39)40/h3-4,7H,5-6,8,41H2,1-2H3. The van der Waals surface area contributed by atoms with Crippen molar-refractivity contribution in [2.45, 2.75) is 66.9 Å². The van der Waals surface area contributed by atoms with E-state index in [1.165, 1.54) is 37.1 Å². The van der Waals surface area contributed by atoms with E-state index in [1.54, 1.807) is 0 Å². The van der Waals surface area contributed by atoms with Crippen LogP contribution >= 0.6 is 0 Å². The Balaban J connectivity index is 3.26. The highest BCUT2D eigenvalue weighted by Crippen LogP contribution is 2.65. The first-order chi connectivity index (χ1) is 19.2. The second-order valence-corrected chi connectivity index (χ2v) is 9.10. The number of nitrogens with zero attached hydrogens (tertiary/aromatic N) is 1. The van der Waals surface area contributed by atoms with Crippen molar-refractivity contribution in [1.82, 2.24) is 0 Å². The molecule has 0 amide bonds. The number of ether oxygens (including phenoxy) is 1. The molecule has 0 fully saturated rings. The zero-order chi connectivity index (χ0) is 35.3. The summed E-state index contributed by atoms with van der Waals surface area (Å²) in [7, 11) is 1.26. The summed E-state index contributed by atoms with van der Waals surface area (Å²) in [5.41, 5.74) is 6.68. The predicted molar refractivity (Wildman–Crippen MR) is 110 cm³/mol. The first-order valence-corrected chi connectivity index (χ1v) is 11.0. The number of carbonyl (C=O) groups is 1. The van der Waals surface area contributed by atoms with Crippen molar-refractivity contribution in [2.24, 2.45) is 0 Å². The summed E-state index contributed by atoms with van der Waals surface area (Å²) in [6.45, 7) is -2.33. The first kappa shape index (κ1) is 39.0. The third-order valence-corrected chi connectivity index (χ3v) is 5.94. The Morgan fingerprint density at radius 3 is 1.45 bits per heavy atom. The van der Waals surface area contributed by atoms with Crippen molar-refractivity contribution in [1.29, 1.82) is 0 Å². The molecule has 1 aromatic rings. The van der Waals surface area contributed by atoms with Crippen LogP contribution in [-0.4, -0.2) is 79.7 Å². The summed E-state index contributed by atoms with van der Waals surface area (Å²) in [4.78, 5) is 12.8. The van der Waals surface area contributed by atoms with Crippen LogP contribution < -0.4 is 10.6 Å². The Labute approximate surface area is 232 Å². The van der Waals surface area contributed by atoms with E-state index in [9.17, 15) is 88.2 Å². The van der Waals surface area contributed by atoms with Crippen molar-refractivity contribution in [3.05, 3.63) is 23.8 Å². The number of alkyl halides is 19. The number of aryl methyl sites for hydroxylation is 1. The van der Waals surface area contributed by atoms with Gasteiger partial charge in [-0.3, -0.25) is 4.79 Å². The number of anilines is 2. The highest BCUT2D eigenvalue weighted by atomic mass is 19.4. The second kappa shape index (κ2) is 11.4. The van der Waals surface area contributed by atoms with Gasteiger partial charge in [0.1, 0.15) is 0 Å². The third-order valence-electron chi connectivity index (χ3n) is 5.94. The van der Waals surface area contributed by atoms with Crippen LogP contribution in [0.4, 0.5) is 94.8 Å². The lowest BCUT2D eigenvalue weighted by atomic mass is 9.87. The molecule has 0 saturated heterocycles. The number of halogens is 19. The van der Waals surface area contributed by atoms with Crippen LogP contribution in [0.2, 0.25) is 0 Å². The summed E-state index contributed by atoms with van der Waals surface area (Å²) in [5.74, 6) is -69.6. The number of nitrogen functional groups attached to an aromatic ring is 1. The maximum Gasteiger partial charge on any atom is 0.460 e. The maximum atomic E-state index is 13.9. The van der Waals surface area contributed by atoms with E-state index in [4.69, 9.17) is 5.73 Å². The van der Waals surface area contributed by atoms with Gasteiger partial charge in [0, 0.05) is 25.0 Å². The highest BCUT2D eigenvalue weighted by Gasteiger charge is 2.96. The minimum atomic E-state index is -9.01. The smallest absolute Gasteiger partial charge is 0.459 e. The van der Waals surface area contributed by atoms with Crippen LogP contribution in [0.25, 0.3) is 0 Å². The van der Waals surface area contributed by atoms with Gasteiger partial charge < -0.3 is 15.4 Å². The molecule has 0 unspecified atom stereocenters. The molecule has 0 aromatic heterocycles. The fraction of sp³-hybridized carbons (Fsp3) is 0.667. The molecule has 256 valence electrons. The zero-order valence-corrected chi connectivity index (χ0v) is 21.4. The van der Waals surface area contributed by atoms with Crippen molar-refractivity contribution >= 4 is 17.3 Å². The minimum absolute atomic E-state index is 0.305. The molecule has 0 heterocycles. The van der Waals surface area contributed by atoms with Gasteiger partial charge in [0.15, 0.2) is 6.61 Å². The Bertz CT molecular complexity index is 1200. The van der Waals surface area contributed by atoms with Crippen LogP contribution in [0.15, 0.2) is 18.2 Å². The molecule has 0 atom stereocenters. The van der Waals surface area contributed by atoms with Crippen molar-refractivity contribution in [2.75, 3.05) is 30.8 Å². The molecule has 0 aliphatic rings. The Morgan fingerprint density at radius 2 is 1.07 bits per heavy atom. The number of carbonyl (C=O) groups excluding carboxylic acids is 1. The number of rotatable bonds is 13. The average Bonchev–Trinajstić information content (AvgIpc) is 2.86. The Kier molecular flexibility index (Phi) is 10.1. The Hall–Kier alpha value is -3.04. The molecule has 44 heavy (non-hydrogen) atoms. The number of benzene rings is 1. The largest absolute Gasteiger partial charge is 0.460 e. The van der Waals surface area contributed by atoms with Gasteiger partial charge in [-0.2, -0.15) is 83.4 Å². The van der Waals surface area contributed by atoms with Gasteiger partial charge in [-0.1, -0.05) is 0 Å². The van der Waals surface area contributed by atoms with E-state index in [0.29, 0.717) is 16.9 Å². The van der Waals surface area contributed by atoms with E-state index in [2.05, 4.69) is 4.74 Å². The molecule has 2 N–H and O–H groups in total. The van der Waals surface area contributed by atoms with Gasteiger partial charge in [0.25, 0.3) is 0 Å². The molecular formula is C21H17F19N2O2. The molecule has 4 nitrogen and oxygen atoms in total. The molecule has 0 aliphatic carbocycles. The molecule has 0 spiro atoms. The van der Waals surface area contributed by atoms with Crippen LogP contribution in [0, 0.1) is 6.92 Å². The summed E-state index contributed by atoms with van der Waals surface area (Å²) in [6.07, 6.45) is -8.99. The van der Waals surface area contributed by atoms with Gasteiger partial charge in [-0.05, 0) is 30.7 Å². The van der Waals surface area contributed by atoms with Crippen molar-refractivity contribution in [3.63, 3.8) is 0 Å². The number of esters is 1.